The number of rotatable bonds is 2. The van der Waals surface area contributed by atoms with Crippen LogP contribution in [-0.2, 0) is 6.42 Å². The van der Waals surface area contributed by atoms with Gasteiger partial charge < -0.3 is 5.73 Å². The molecule has 1 aromatic heterocycles. The molecule has 0 aromatic carbocycles. The minimum Gasteiger partial charge on any atom is -0.330 e. The maximum Gasteiger partial charge on any atom is 0.0522 e. The number of hydrogen-bond donors (Lipinski definition) is 2. The second-order valence-electron chi connectivity index (χ2n) is 5.49. The van der Waals surface area contributed by atoms with E-state index in [9.17, 15) is 0 Å². The van der Waals surface area contributed by atoms with E-state index in [0.717, 1.165) is 13.0 Å². The van der Waals surface area contributed by atoms with Gasteiger partial charge in [0.05, 0.1) is 6.20 Å². The van der Waals surface area contributed by atoms with Crippen molar-refractivity contribution in [2.75, 3.05) is 6.54 Å². The highest BCUT2D eigenvalue weighted by atomic mass is 15.1. The van der Waals surface area contributed by atoms with Gasteiger partial charge in [-0.05, 0) is 36.3 Å². The zero-order valence-electron chi connectivity index (χ0n) is 9.88. The van der Waals surface area contributed by atoms with E-state index in [0.29, 0.717) is 17.3 Å². The average molecular weight is 207 g/mol. The number of fused-ring (bicyclic) bond motifs is 1. The Kier molecular flexibility index (Phi) is 2.59. The molecule has 2 rings (SSSR count). The van der Waals surface area contributed by atoms with E-state index < -0.39 is 0 Å². The lowest BCUT2D eigenvalue weighted by Crippen LogP contribution is -2.35. The van der Waals surface area contributed by atoms with Crippen molar-refractivity contribution >= 4 is 0 Å². The fourth-order valence-corrected chi connectivity index (χ4v) is 2.98. The van der Waals surface area contributed by atoms with Gasteiger partial charge in [-0.25, -0.2) is 0 Å². The number of hydrogen-bond acceptors (Lipinski definition) is 2. The summed E-state index contributed by atoms with van der Waals surface area (Å²) in [5.74, 6) is 1.04. The summed E-state index contributed by atoms with van der Waals surface area (Å²) in [5.41, 5.74) is 8.86. The summed E-state index contributed by atoms with van der Waals surface area (Å²) in [6.45, 7) is 7.66. The highest BCUT2D eigenvalue weighted by molar-refractivity contribution is 5.27. The van der Waals surface area contributed by atoms with E-state index in [1.165, 1.54) is 17.7 Å². The Morgan fingerprint density at radius 1 is 1.67 bits per heavy atom. The van der Waals surface area contributed by atoms with Crippen molar-refractivity contribution in [1.82, 2.24) is 10.2 Å². The van der Waals surface area contributed by atoms with E-state index in [1.807, 2.05) is 6.20 Å². The third kappa shape index (κ3) is 1.69. The first kappa shape index (κ1) is 10.7. The molecule has 1 heterocycles. The Bertz CT molecular complexity index is 340. The van der Waals surface area contributed by atoms with Crippen LogP contribution in [0, 0.1) is 11.3 Å². The molecule has 0 fully saturated rings. The number of nitrogens with two attached hydrogens (primary N) is 1. The quantitative estimate of drug-likeness (QED) is 0.780. The summed E-state index contributed by atoms with van der Waals surface area (Å²) >= 11 is 0. The highest BCUT2D eigenvalue weighted by Crippen LogP contribution is 2.47. The van der Waals surface area contributed by atoms with Crippen molar-refractivity contribution in [1.29, 1.82) is 0 Å². The van der Waals surface area contributed by atoms with Crippen LogP contribution in [0.3, 0.4) is 0 Å². The van der Waals surface area contributed by atoms with Crippen LogP contribution in [-0.4, -0.2) is 16.7 Å². The molecule has 15 heavy (non-hydrogen) atoms. The zero-order chi connectivity index (χ0) is 11.1. The molecule has 0 amide bonds. The molecule has 1 aliphatic rings. The predicted octanol–water partition coefficient (Wildman–Crippen LogP) is 2.06. The standard InChI is InChI=1S/C12H21N3/c1-8(6-13)10-11-9(7-14-15-11)4-5-12(10,2)3/h7-8,10H,4-6,13H2,1-3H3,(H,14,15). The van der Waals surface area contributed by atoms with Gasteiger partial charge in [0.2, 0.25) is 0 Å². The summed E-state index contributed by atoms with van der Waals surface area (Å²) in [6.07, 6.45) is 4.35. The monoisotopic (exact) mass is 207 g/mol. The van der Waals surface area contributed by atoms with E-state index >= 15 is 0 Å². The molecule has 0 aliphatic heterocycles. The molecule has 0 saturated heterocycles. The van der Waals surface area contributed by atoms with Gasteiger partial charge in [-0.15, -0.1) is 0 Å². The minimum absolute atomic E-state index is 0.332. The number of aromatic nitrogens is 2. The third-order valence-electron chi connectivity index (χ3n) is 3.88. The number of aryl methyl sites for hydroxylation is 1. The van der Waals surface area contributed by atoms with Crippen molar-refractivity contribution in [3.05, 3.63) is 17.5 Å². The average Bonchev–Trinajstić information content (AvgIpc) is 2.63. The van der Waals surface area contributed by atoms with Crippen LogP contribution in [0.5, 0.6) is 0 Å². The van der Waals surface area contributed by atoms with Gasteiger partial charge in [0.15, 0.2) is 0 Å². The zero-order valence-corrected chi connectivity index (χ0v) is 9.88. The Balaban J connectivity index is 2.40. The van der Waals surface area contributed by atoms with Crippen molar-refractivity contribution in [2.24, 2.45) is 17.1 Å². The Morgan fingerprint density at radius 2 is 2.40 bits per heavy atom. The molecule has 1 aromatic rings. The van der Waals surface area contributed by atoms with Crippen molar-refractivity contribution in [3.8, 4) is 0 Å². The van der Waals surface area contributed by atoms with E-state index in [4.69, 9.17) is 5.73 Å². The van der Waals surface area contributed by atoms with Crippen LogP contribution in [0.2, 0.25) is 0 Å². The molecule has 0 spiro atoms. The fourth-order valence-electron chi connectivity index (χ4n) is 2.98. The van der Waals surface area contributed by atoms with Gasteiger partial charge in [0.25, 0.3) is 0 Å². The summed E-state index contributed by atoms with van der Waals surface area (Å²) in [6, 6.07) is 0. The Labute approximate surface area is 91.4 Å². The van der Waals surface area contributed by atoms with Crippen LogP contribution in [0.15, 0.2) is 6.20 Å². The largest absolute Gasteiger partial charge is 0.330 e. The maximum absolute atomic E-state index is 5.82. The van der Waals surface area contributed by atoms with Crippen LogP contribution in [0.4, 0.5) is 0 Å². The second-order valence-corrected chi connectivity index (χ2v) is 5.49. The summed E-state index contributed by atoms with van der Waals surface area (Å²) in [4.78, 5) is 0. The maximum atomic E-state index is 5.82. The van der Waals surface area contributed by atoms with Crippen molar-refractivity contribution < 1.29 is 0 Å². The molecule has 3 heteroatoms. The second kappa shape index (κ2) is 3.63. The molecule has 0 radical (unpaired) electrons. The summed E-state index contributed by atoms with van der Waals surface area (Å²) in [5, 5.41) is 7.34. The van der Waals surface area contributed by atoms with E-state index in [-0.39, 0.29) is 0 Å². The highest BCUT2D eigenvalue weighted by Gasteiger charge is 2.39. The first-order valence-corrected chi connectivity index (χ1v) is 5.78. The molecule has 3 N–H and O–H groups in total. The molecule has 3 nitrogen and oxygen atoms in total. The molecule has 1 aliphatic carbocycles. The fraction of sp³-hybridized carbons (Fsp3) is 0.750. The molecular weight excluding hydrogens is 186 g/mol. The van der Waals surface area contributed by atoms with Crippen molar-refractivity contribution in [3.63, 3.8) is 0 Å². The first-order chi connectivity index (χ1) is 7.06. The van der Waals surface area contributed by atoms with Crippen LogP contribution in [0.25, 0.3) is 0 Å². The van der Waals surface area contributed by atoms with Crippen LogP contribution >= 0.6 is 0 Å². The number of H-pyrrole nitrogens is 1. The lowest BCUT2D eigenvalue weighted by atomic mass is 9.64. The van der Waals surface area contributed by atoms with Gasteiger partial charge in [-0.3, -0.25) is 5.10 Å². The van der Waals surface area contributed by atoms with Crippen molar-refractivity contribution in [2.45, 2.75) is 39.5 Å². The smallest absolute Gasteiger partial charge is 0.0522 e. The predicted molar refractivity (Wildman–Crippen MR) is 61.6 cm³/mol. The Morgan fingerprint density at radius 3 is 3.07 bits per heavy atom. The van der Waals surface area contributed by atoms with Gasteiger partial charge in [-0.2, -0.15) is 5.10 Å². The molecule has 0 saturated carbocycles. The van der Waals surface area contributed by atoms with Gasteiger partial charge in [0.1, 0.15) is 0 Å². The molecule has 84 valence electrons. The number of aromatic amines is 1. The number of nitrogens with one attached hydrogen (secondary N) is 1. The third-order valence-corrected chi connectivity index (χ3v) is 3.88. The lowest BCUT2D eigenvalue weighted by Gasteiger charge is -2.41. The minimum atomic E-state index is 0.332. The Hall–Kier alpha value is -0.830. The lowest BCUT2D eigenvalue weighted by molar-refractivity contribution is 0.189. The molecule has 0 bridgehead atoms. The van der Waals surface area contributed by atoms with Gasteiger partial charge in [-0.1, -0.05) is 20.8 Å². The van der Waals surface area contributed by atoms with Crippen LogP contribution < -0.4 is 5.73 Å². The topological polar surface area (TPSA) is 54.7 Å². The normalized spacial score (nSPS) is 26.0. The van der Waals surface area contributed by atoms with Gasteiger partial charge >= 0.3 is 0 Å². The molecular formula is C12H21N3. The summed E-state index contributed by atoms with van der Waals surface area (Å²) < 4.78 is 0. The first-order valence-electron chi connectivity index (χ1n) is 5.78. The molecule has 2 atom stereocenters. The summed E-state index contributed by atoms with van der Waals surface area (Å²) in [7, 11) is 0. The van der Waals surface area contributed by atoms with Gasteiger partial charge in [0, 0.05) is 11.6 Å². The SMILES string of the molecule is CC(CN)C1c2[nH]ncc2CCC1(C)C. The molecule has 2 unspecified atom stereocenters. The van der Waals surface area contributed by atoms with E-state index in [2.05, 4.69) is 31.0 Å². The van der Waals surface area contributed by atoms with E-state index in [1.54, 1.807) is 0 Å². The van der Waals surface area contributed by atoms with Crippen LogP contribution in [0.1, 0.15) is 44.4 Å². The number of nitrogens with zero attached hydrogens (tertiary/aromatic N) is 1.